The van der Waals surface area contributed by atoms with Crippen molar-refractivity contribution in [3.63, 3.8) is 0 Å². The molecule has 0 aromatic rings. The molecule has 1 heterocycles. The summed E-state index contributed by atoms with van der Waals surface area (Å²) in [5.41, 5.74) is 0.00761. The van der Waals surface area contributed by atoms with E-state index in [0.717, 1.165) is 5.75 Å². The molecule has 0 aromatic heterocycles. The lowest BCUT2D eigenvalue weighted by molar-refractivity contribution is -0.141. The van der Waals surface area contributed by atoms with Gasteiger partial charge in [-0.1, -0.05) is 20.8 Å². The summed E-state index contributed by atoms with van der Waals surface area (Å²) in [6.07, 6.45) is 0. The first-order valence-corrected chi connectivity index (χ1v) is 7.20. The summed E-state index contributed by atoms with van der Waals surface area (Å²) < 4.78 is 0. The van der Waals surface area contributed by atoms with Gasteiger partial charge in [-0.05, 0) is 5.41 Å². The Bertz CT molecular complexity index is 328. The fourth-order valence-electron chi connectivity index (χ4n) is 2.04. The molecule has 1 aliphatic rings. The van der Waals surface area contributed by atoms with Crippen molar-refractivity contribution < 1.29 is 14.7 Å². The molecule has 1 rings (SSSR count). The van der Waals surface area contributed by atoms with E-state index in [2.05, 4.69) is 20.8 Å². The Hall–Kier alpha value is -0.910. The van der Waals surface area contributed by atoms with Gasteiger partial charge in [0.15, 0.2) is 0 Å². The van der Waals surface area contributed by atoms with Crippen molar-refractivity contribution in [1.82, 2.24) is 9.80 Å². The van der Waals surface area contributed by atoms with Gasteiger partial charge in [0.2, 0.25) is 0 Å². The minimum Gasteiger partial charge on any atom is -0.480 e. The summed E-state index contributed by atoms with van der Waals surface area (Å²) in [6.45, 7) is 7.28. The van der Waals surface area contributed by atoms with Gasteiger partial charge in [-0.2, -0.15) is 11.8 Å². The summed E-state index contributed by atoms with van der Waals surface area (Å²) >= 11 is 1.58. The predicted octanol–water partition coefficient (Wildman–Crippen LogP) is 1.59. The van der Waals surface area contributed by atoms with Crippen LogP contribution in [0, 0.1) is 5.41 Å². The van der Waals surface area contributed by atoms with Crippen molar-refractivity contribution in [2.24, 2.45) is 5.41 Å². The van der Waals surface area contributed by atoms with Crippen LogP contribution in [0.25, 0.3) is 0 Å². The van der Waals surface area contributed by atoms with Crippen molar-refractivity contribution in [3.05, 3.63) is 0 Å². The Morgan fingerprint density at radius 1 is 1.44 bits per heavy atom. The molecule has 1 atom stereocenters. The number of amides is 2. The van der Waals surface area contributed by atoms with Crippen LogP contribution in [0.5, 0.6) is 0 Å². The van der Waals surface area contributed by atoms with Crippen LogP contribution in [-0.4, -0.2) is 64.6 Å². The monoisotopic (exact) mass is 274 g/mol. The minimum absolute atomic E-state index is 0.00761. The highest BCUT2D eigenvalue weighted by atomic mass is 32.2. The summed E-state index contributed by atoms with van der Waals surface area (Å²) in [4.78, 5) is 26.5. The zero-order valence-corrected chi connectivity index (χ0v) is 12.3. The normalized spacial score (nSPS) is 20.7. The zero-order valence-electron chi connectivity index (χ0n) is 11.5. The summed E-state index contributed by atoms with van der Waals surface area (Å²) in [5.74, 6) is 0.364. The lowest BCUT2D eigenvalue weighted by atomic mass is 9.96. The Morgan fingerprint density at radius 2 is 2.06 bits per heavy atom. The smallest absolute Gasteiger partial charge is 0.327 e. The Morgan fingerprint density at radius 3 is 2.56 bits per heavy atom. The van der Waals surface area contributed by atoms with Crippen molar-refractivity contribution in [1.29, 1.82) is 0 Å². The van der Waals surface area contributed by atoms with E-state index in [1.54, 1.807) is 23.7 Å². The van der Waals surface area contributed by atoms with Gasteiger partial charge in [0, 0.05) is 31.6 Å². The van der Waals surface area contributed by atoms with E-state index in [1.807, 2.05) is 0 Å². The molecule has 18 heavy (non-hydrogen) atoms. The SMILES string of the molecule is CN(CC(C)(C)C)C(=O)N1CCSCC1C(=O)O. The first kappa shape index (κ1) is 15.1. The maximum atomic E-state index is 12.3. The van der Waals surface area contributed by atoms with E-state index < -0.39 is 12.0 Å². The largest absolute Gasteiger partial charge is 0.480 e. The molecule has 0 saturated carbocycles. The highest BCUT2D eigenvalue weighted by Crippen LogP contribution is 2.20. The zero-order chi connectivity index (χ0) is 13.9. The molecular formula is C12H22N2O3S. The highest BCUT2D eigenvalue weighted by molar-refractivity contribution is 7.99. The van der Waals surface area contributed by atoms with E-state index in [4.69, 9.17) is 5.11 Å². The molecule has 1 aliphatic heterocycles. The van der Waals surface area contributed by atoms with Gasteiger partial charge >= 0.3 is 12.0 Å². The van der Waals surface area contributed by atoms with Crippen LogP contribution in [0.15, 0.2) is 0 Å². The number of carboxylic acid groups (broad SMARTS) is 1. The highest BCUT2D eigenvalue weighted by Gasteiger charge is 2.34. The fourth-order valence-corrected chi connectivity index (χ4v) is 3.07. The standard InChI is InChI=1S/C12H22N2O3S/c1-12(2,3)8-13(4)11(17)14-5-6-18-7-9(14)10(15)16/h9H,5-8H2,1-4H3,(H,15,16). The number of carbonyl (C=O) groups excluding carboxylic acids is 1. The van der Waals surface area contributed by atoms with Crippen LogP contribution in [0.4, 0.5) is 4.79 Å². The molecule has 6 heteroatoms. The second-order valence-corrected chi connectivity index (χ2v) is 6.97. The van der Waals surface area contributed by atoms with Gasteiger partial charge in [-0.15, -0.1) is 0 Å². The number of hydrogen-bond donors (Lipinski definition) is 1. The number of hydrogen-bond acceptors (Lipinski definition) is 3. The summed E-state index contributed by atoms with van der Waals surface area (Å²) in [5, 5.41) is 9.15. The van der Waals surface area contributed by atoms with E-state index in [1.165, 1.54) is 4.90 Å². The third-order valence-electron chi connectivity index (χ3n) is 2.70. The lowest BCUT2D eigenvalue weighted by Gasteiger charge is -2.37. The van der Waals surface area contributed by atoms with Gasteiger partial charge in [0.05, 0.1) is 0 Å². The van der Waals surface area contributed by atoms with Crippen molar-refractivity contribution in [3.8, 4) is 0 Å². The molecule has 0 bridgehead atoms. The number of thioether (sulfide) groups is 1. The molecule has 0 radical (unpaired) electrons. The van der Waals surface area contributed by atoms with Crippen molar-refractivity contribution in [2.75, 3.05) is 31.6 Å². The Labute approximate surface area is 113 Å². The molecule has 0 aromatic carbocycles. The van der Waals surface area contributed by atoms with Crippen molar-refractivity contribution >= 4 is 23.8 Å². The topological polar surface area (TPSA) is 60.9 Å². The average Bonchev–Trinajstić information content (AvgIpc) is 2.25. The van der Waals surface area contributed by atoms with Crippen LogP contribution in [0.2, 0.25) is 0 Å². The third kappa shape index (κ3) is 4.08. The molecule has 1 unspecified atom stereocenters. The number of aliphatic carboxylic acids is 1. The van der Waals surface area contributed by atoms with Gasteiger partial charge < -0.3 is 14.9 Å². The van der Waals surface area contributed by atoms with E-state index in [0.29, 0.717) is 18.8 Å². The molecular weight excluding hydrogens is 252 g/mol. The second-order valence-electron chi connectivity index (χ2n) is 5.82. The van der Waals surface area contributed by atoms with Crippen LogP contribution < -0.4 is 0 Å². The number of carboxylic acids is 1. The number of carbonyl (C=O) groups is 2. The minimum atomic E-state index is -0.917. The number of nitrogens with zero attached hydrogens (tertiary/aromatic N) is 2. The van der Waals surface area contributed by atoms with Crippen LogP contribution >= 0.6 is 11.8 Å². The first-order valence-electron chi connectivity index (χ1n) is 6.04. The molecule has 104 valence electrons. The van der Waals surface area contributed by atoms with Gasteiger partial charge in [-0.3, -0.25) is 0 Å². The Balaban J connectivity index is 2.71. The quantitative estimate of drug-likeness (QED) is 0.830. The van der Waals surface area contributed by atoms with E-state index in [-0.39, 0.29) is 11.4 Å². The lowest BCUT2D eigenvalue weighted by Crippen LogP contribution is -2.55. The molecule has 5 nitrogen and oxygen atoms in total. The molecule has 1 fully saturated rings. The molecule has 0 spiro atoms. The van der Waals surface area contributed by atoms with Gasteiger partial charge in [-0.25, -0.2) is 9.59 Å². The van der Waals surface area contributed by atoms with Crippen LogP contribution in [0.3, 0.4) is 0 Å². The molecule has 0 aliphatic carbocycles. The third-order valence-corrected chi connectivity index (χ3v) is 3.72. The van der Waals surface area contributed by atoms with Gasteiger partial charge in [0.1, 0.15) is 6.04 Å². The fraction of sp³-hybridized carbons (Fsp3) is 0.833. The Kier molecular flexibility index (Phi) is 4.90. The summed E-state index contributed by atoms with van der Waals surface area (Å²) in [6, 6.07) is -0.878. The van der Waals surface area contributed by atoms with Gasteiger partial charge in [0.25, 0.3) is 0 Å². The van der Waals surface area contributed by atoms with Crippen molar-refractivity contribution in [2.45, 2.75) is 26.8 Å². The van der Waals surface area contributed by atoms with Crippen LogP contribution in [0.1, 0.15) is 20.8 Å². The van der Waals surface area contributed by atoms with Crippen LogP contribution in [-0.2, 0) is 4.79 Å². The number of rotatable bonds is 2. The second kappa shape index (κ2) is 5.82. The molecule has 1 N–H and O–H groups in total. The maximum absolute atomic E-state index is 12.3. The molecule has 2 amide bonds. The maximum Gasteiger partial charge on any atom is 0.327 e. The number of urea groups is 1. The summed E-state index contributed by atoms with van der Waals surface area (Å²) in [7, 11) is 1.73. The first-order chi connectivity index (χ1) is 8.22. The average molecular weight is 274 g/mol. The molecule has 1 saturated heterocycles. The van der Waals surface area contributed by atoms with E-state index >= 15 is 0 Å². The van der Waals surface area contributed by atoms with E-state index in [9.17, 15) is 9.59 Å². The predicted molar refractivity (Wildman–Crippen MR) is 72.9 cm³/mol.